The van der Waals surface area contributed by atoms with Crippen LogP contribution in [0.1, 0.15) is 21.5 Å². The van der Waals surface area contributed by atoms with Gasteiger partial charge < -0.3 is 4.98 Å². The molecule has 0 aliphatic heterocycles. The molecule has 0 saturated heterocycles. The van der Waals surface area contributed by atoms with Gasteiger partial charge in [0, 0.05) is 27.1 Å². The van der Waals surface area contributed by atoms with Crippen LogP contribution in [0.3, 0.4) is 0 Å². The lowest BCUT2D eigenvalue weighted by atomic mass is 10.0. The molecule has 2 aromatic carbocycles. The van der Waals surface area contributed by atoms with Gasteiger partial charge >= 0.3 is 0 Å². The highest BCUT2D eigenvalue weighted by atomic mass is 35.5. The molecule has 0 aliphatic rings. The molecule has 0 amide bonds. The van der Waals surface area contributed by atoms with Gasteiger partial charge in [0.15, 0.2) is 6.29 Å². The van der Waals surface area contributed by atoms with Crippen molar-refractivity contribution in [1.29, 1.82) is 0 Å². The third-order valence-electron chi connectivity index (χ3n) is 3.86. The lowest BCUT2D eigenvalue weighted by Crippen LogP contribution is -1.85. The predicted octanol–water partition coefficient (Wildman–Crippen LogP) is 5.57. The van der Waals surface area contributed by atoms with E-state index in [2.05, 4.69) is 4.98 Å². The maximum atomic E-state index is 11.6. The summed E-state index contributed by atoms with van der Waals surface area (Å²) in [6.45, 7) is 4.08. The maximum Gasteiger partial charge on any atom is 0.152 e. The van der Waals surface area contributed by atoms with E-state index in [-0.39, 0.29) is 0 Å². The van der Waals surface area contributed by atoms with Crippen molar-refractivity contribution in [3.63, 3.8) is 0 Å². The second-order valence-electron chi connectivity index (χ2n) is 5.09. The fourth-order valence-corrected chi connectivity index (χ4v) is 3.06. The molecule has 0 aliphatic carbocycles. The molecule has 3 rings (SSSR count). The Balaban J connectivity index is 2.37. The number of carbonyl (C=O) groups excluding carboxylic acids is 1. The fraction of sp³-hybridized carbons (Fsp3) is 0.118. The van der Waals surface area contributed by atoms with E-state index in [4.69, 9.17) is 23.2 Å². The molecule has 1 aromatic heterocycles. The van der Waals surface area contributed by atoms with E-state index in [9.17, 15) is 4.79 Å². The Morgan fingerprint density at radius 3 is 2.52 bits per heavy atom. The van der Waals surface area contributed by atoms with Gasteiger partial charge in [0.2, 0.25) is 0 Å². The number of aryl methyl sites for hydroxylation is 2. The molecule has 0 radical (unpaired) electrons. The Bertz CT molecular complexity index is 865. The van der Waals surface area contributed by atoms with Gasteiger partial charge in [0.1, 0.15) is 0 Å². The summed E-state index contributed by atoms with van der Waals surface area (Å²) in [6.07, 6.45) is 0.869. The van der Waals surface area contributed by atoms with E-state index in [1.807, 2.05) is 32.0 Å². The van der Waals surface area contributed by atoms with Crippen LogP contribution in [0.5, 0.6) is 0 Å². The van der Waals surface area contributed by atoms with Crippen molar-refractivity contribution in [1.82, 2.24) is 4.98 Å². The molecule has 1 heterocycles. The highest BCUT2D eigenvalue weighted by Crippen LogP contribution is 2.36. The Kier molecular flexibility index (Phi) is 3.52. The number of aldehydes is 1. The summed E-state index contributed by atoms with van der Waals surface area (Å²) in [5, 5.41) is 2.00. The maximum absolute atomic E-state index is 11.6. The Hall–Kier alpha value is -1.77. The smallest absolute Gasteiger partial charge is 0.152 e. The second-order valence-corrected chi connectivity index (χ2v) is 5.93. The molecular weight excluding hydrogens is 305 g/mol. The van der Waals surface area contributed by atoms with Gasteiger partial charge in [0.05, 0.1) is 10.7 Å². The van der Waals surface area contributed by atoms with E-state index < -0.39 is 0 Å². The monoisotopic (exact) mass is 317 g/mol. The van der Waals surface area contributed by atoms with Crippen LogP contribution < -0.4 is 0 Å². The molecule has 106 valence electrons. The van der Waals surface area contributed by atoms with E-state index in [1.54, 1.807) is 12.1 Å². The molecule has 21 heavy (non-hydrogen) atoms. The molecule has 0 atom stereocenters. The van der Waals surface area contributed by atoms with Gasteiger partial charge in [-0.1, -0.05) is 35.3 Å². The molecule has 1 N–H and O–H groups in total. The van der Waals surface area contributed by atoms with Crippen LogP contribution in [0.4, 0.5) is 0 Å². The van der Waals surface area contributed by atoms with Crippen molar-refractivity contribution >= 4 is 40.4 Å². The number of aromatic amines is 1. The van der Waals surface area contributed by atoms with E-state index in [0.29, 0.717) is 15.6 Å². The summed E-state index contributed by atoms with van der Waals surface area (Å²) in [5.41, 5.74) is 5.41. The highest BCUT2D eigenvalue weighted by molar-refractivity contribution is 6.36. The number of benzene rings is 2. The first-order chi connectivity index (χ1) is 10.0. The predicted molar refractivity (Wildman–Crippen MR) is 88.6 cm³/mol. The molecule has 2 nitrogen and oxygen atoms in total. The van der Waals surface area contributed by atoms with E-state index in [1.165, 1.54) is 5.56 Å². The third-order valence-corrected chi connectivity index (χ3v) is 4.41. The van der Waals surface area contributed by atoms with E-state index >= 15 is 0 Å². The van der Waals surface area contributed by atoms with Crippen LogP contribution in [0.2, 0.25) is 10.0 Å². The van der Waals surface area contributed by atoms with Gasteiger partial charge in [-0.2, -0.15) is 0 Å². The van der Waals surface area contributed by atoms with Crippen LogP contribution in [0, 0.1) is 13.8 Å². The zero-order valence-electron chi connectivity index (χ0n) is 11.6. The van der Waals surface area contributed by atoms with Crippen LogP contribution in [0.15, 0.2) is 30.3 Å². The molecule has 0 saturated carbocycles. The van der Waals surface area contributed by atoms with Crippen LogP contribution in [-0.2, 0) is 0 Å². The molecule has 4 heteroatoms. The normalized spacial score (nSPS) is 11.0. The summed E-state index contributed by atoms with van der Waals surface area (Å²) >= 11 is 12.2. The highest BCUT2D eigenvalue weighted by Gasteiger charge is 2.16. The first kappa shape index (κ1) is 14.2. The number of aromatic nitrogens is 1. The summed E-state index contributed by atoms with van der Waals surface area (Å²) in [7, 11) is 0. The standard InChI is InChI=1S/C17H13Cl2NO/c1-9-3-5-12-14(8-21)17(20-16(12)10(9)2)13-6-4-11(18)7-15(13)19/h3-8,20H,1-2H3. The number of hydrogen-bond acceptors (Lipinski definition) is 1. The minimum atomic E-state index is 0.520. The van der Waals surface area contributed by atoms with Gasteiger partial charge in [-0.15, -0.1) is 0 Å². The van der Waals surface area contributed by atoms with Crippen molar-refractivity contribution in [3.05, 3.63) is 57.1 Å². The second kappa shape index (κ2) is 5.21. The van der Waals surface area contributed by atoms with Crippen molar-refractivity contribution in [2.75, 3.05) is 0 Å². The number of halogens is 2. The minimum absolute atomic E-state index is 0.520. The molecule has 0 bridgehead atoms. The first-order valence-electron chi connectivity index (χ1n) is 6.55. The number of hydrogen-bond donors (Lipinski definition) is 1. The van der Waals surface area contributed by atoms with Gasteiger partial charge in [-0.05, 0) is 43.2 Å². The van der Waals surface area contributed by atoms with Crippen molar-refractivity contribution in [3.8, 4) is 11.3 Å². The van der Waals surface area contributed by atoms with E-state index in [0.717, 1.165) is 34.0 Å². The largest absolute Gasteiger partial charge is 0.354 e. The average molecular weight is 318 g/mol. The topological polar surface area (TPSA) is 32.9 Å². The van der Waals surface area contributed by atoms with Crippen molar-refractivity contribution in [2.45, 2.75) is 13.8 Å². The first-order valence-corrected chi connectivity index (χ1v) is 7.31. The number of H-pyrrole nitrogens is 1. The third kappa shape index (κ3) is 2.25. The summed E-state index contributed by atoms with van der Waals surface area (Å²) in [4.78, 5) is 14.9. The lowest BCUT2D eigenvalue weighted by Gasteiger charge is -2.03. The lowest BCUT2D eigenvalue weighted by molar-refractivity contribution is 0.112. The SMILES string of the molecule is Cc1ccc2c(C=O)c(-c3ccc(Cl)cc3Cl)[nH]c2c1C. The molecule has 3 aromatic rings. The molecule has 0 fully saturated rings. The Morgan fingerprint density at radius 1 is 1.10 bits per heavy atom. The Labute approximate surface area is 132 Å². The number of rotatable bonds is 2. The van der Waals surface area contributed by atoms with Crippen LogP contribution in [0.25, 0.3) is 22.2 Å². The van der Waals surface area contributed by atoms with Crippen LogP contribution >= 0.6 is 23.2 Å². The summed E-state index contributed by atoms with van der Waals surface area (Å²) in [5.74, 6) is 0. The number of carbonyl (C=O) groups is 1. The molecule has 0 unspecified atom stereocenters. The van der Waals surface area contributed by atoms with Crippen LogP contribution in [-0.4, -0.2) is 11.3 Å². The van der Waals surface area contributed by atoms with Crippen molar-refractivity contribution in [2.24, 2.45) is 0 Å². The summed E-state index contributed by atoms with van der Waals surface area (Å²) < 4.78 is 0. The van der Waals surface area contributed by atoms with Gasteiger partial charge in [-0.3, -0.25) is 4.79 Å². The molecule has 0 spiro atoms. The summed E-state index contributed by atoms with van der Waals surface area (Å²) in [6, 6.07) is 9.25. The zero-order chi connectivity index (χ0) is 15.1. The minimum Gasteiger partial charge on any atom is -0.354 e. The fourth-order valence-electron chi connectivity index (χ4n) is 2.56. The quantitative estimate of drug-likeness (QED) is 0.616. The Morgan fingerprint density at radius 2 is 1.86 bits per heavy atom. The number of nitrogens with one attached hydrogen (secondary N) is 1. The number of fused-ring (bicyclic) bond motifs is 1. The van der Waals surface area contributed by atoms with Gasteiger partial charge in [0.25, 0.3) is 0 Å². The van der Waals surface area contributed by atoms with Gasteiger partial charge in [-0.25, -0.2) is 0 Å². The average Bonchev–Trinajstić information content (AvgIpc) is 2.82. The zero-order valence-corrected chi connectivity index (χ0v) is 13.1. The molecular formula is C17H13Cl2NO. The van der Waals surface area contributed by atoms with Crippen molar-refractivity contribution < 1.29 is 4.79 Å².